The fourth-order valence-corrected chi connectivity index (χ4v) is 2.21. The highest BCUT2D eigenvalue weighted by atomic mass is 19.3. The van der Waals surface area contributed by atoms with Crippen molar-refractivity contribution < 1.29 is 13.6 Å². The Morgan fingerprint density at radius 2 is 1.88 bits per heavy atom. The molecule has 1 aliphatic carbocycles. The number of aromatic nitrogens is 1. The molecule has 92 valence electrons. The summed E-state index contributed by atoms with van der Waals surface area (Å²) < 4.78 is 25.9. The molecule has 0 atom stereocenters. The fourth-order valence-electron chi connectivity index (χ4n) is 2.21. The van der Waals surface area contributed by atoms with Crippen molar-refractivity contribution in [1.29, 1.82) is 0 Å². The number of pyridine rings is 1. The van der Waals surface area contributed by atoms with E-state index in [0.717, 1.165) is 5.56 Å². The molecule has 1 aromatic heterocycles. The molecular weight excluding hydrogens is 224 g/mol. The molecule has 0 aromatic carbocycles. The molecule has 4 heteroatoms. The predicted molar refractivity (Wildman–Crippen MR) is 59.9 cm³/mol. The van der Waals surface area contributed by atoms with Crippen LogP contribution in [0.3, 0.4) is 0 Å². The van der Waals surface area contributed by atoms with E-state index in [1.807, 2.05) is 0 Å². The van der Waals surface area contributed by atoms with E-state index in [1.165, 1.54) is 0 Å². The monoisotopic (exact) mass is 239 g/mol. The molecule has 0 spiro atoms. The molecule has 17 heavy (non-hydrogen) atoms. The largest absolute Gasteiger partial charge is 0.299 e. The van der Waals surface area contributed by atoms with Crippen LogP contribution in [0.15, 0.2) is 24.5 Å². The van der Waals surface area contributed by atoms with Crippen LogP contribution in [0.5, 0.6) is 0 Å². The third-order valence-electron chi connectivity index (χ3n) is 3.30. The fraction of sp³-hybridized carbons (Fsp3) is 0.538. The Hall–Kier alpha value is -1.32. The van der Waals surface area contributed by atoms with Crippen LogP contribution in [-0.4, -0.2) is 16.7 Å². The Kier molecular flexibility index (Phi) is 3.50. The summed E-state index contributed by atoms with van der Waals surface area (Å²) in [7, 11) is 0. The van der Waals surface area contributed by atoms with Crippen molar-refractivity contribution in [2.45, 2.75) is 38.0 Å². The molecule has 1 heterocycles. The number of hydrogen-bond donors (Lipinski definition) is 0. The van der Waals surface area contributed by atoms with Gasteiger partial charge in [-0.1, -0.05) is 0 Å². The van der Waals surface area contributed by atoms with Crippen molar-refractivity contribution in [3.8, 4) is 0 Å². The molecule has 0 N–H and O–H groups in total. The van der Waals surface area contributed by atoms with Crippen molar-refractivity contribution >= 4 is 5.78 Å². The normalized spacial score (nSPS) is 20.1. The summed E-state index contributed by atoms with van der Waals surface area (Å²) in [5, 5.41) is 0. The van der Waals surface area contributed by atoms with Gasteiger partial charge in [0, 0.05) is 37.6 Å². The summed E-state index contributed by atoms with van der Waals surface area (Å²) in [4.78, 5) is 15.8. The molecule has 2 nitrogen and oxygen atoms in total. The van der Waals surface area contributed by atoms with E-state index < -0.39 is 5.92 Å². The number of hydrogen-bond acceptors (Lipinski definition) is 2. The maximum Gasteiger partial charge on any atom is 0.248 e. The Morgan fingerprint density at radius 1 is 1.29 bits per heavy atom. The first-order valence-corrected chi connectivity index (χ1v) is 5.86. The minimum atomic E-state index is -2.56. The van der Waals surface area contributed by atoms with E-state index in [9.17, 15) is 13.6 Å². The lowest BCUT2D eigenvalue weighted by atomic mass is 9.82. The Balaban J connectivity index is 1.90. The van der Waals surface area contributed by atoms with Gasteiger partial charge in [0.25, 0.3) is 0 Å². The van der Waals surface area contributed by atoms with Gasteiger partial charge in [0.15, 0.2) is 0 Å². The Morgan fingerprint density at radius 3 is 2.47 bits per heavy atom. The van der Waals surface area contributed by atoms with Crippen molar-refractivity contribution in [2.75, 3.05) is 0 Å². The highest BCUT2D eigenvalue weighted by Crippen LogP contribution is 2.36. The van der Waals surface area contributed by atoms with Crippen LogP contribution in [0.1, 0.15) is 31.2 Å². The summed E-state index contributed by atoms with van der Waals surface area (Å²) >= 11 is 0. The number of ketones is 1. The number of carbonyl (C=O) groups excluding carboxylic acids is 1. The zero-order valence-electron chi connectivity index (χ0n) is 9.53. The van der Waals surface area contributed by atoms with Crippen LogP contribution in [0.25, 0.3) is 0 Å². The topological polar surface area (TPSA) is 30.0 Å². The average molecular weight is 239 g/mol. The molecule has 1 saturated carbocycles. The van der Waals surface area contributed by atoms with Crippen LogP contribution in [0.2, 0.25) is 0 Å². The molecule has 0 unspecified atom stereocenters. The van der Waals surface area contributed by atoms with Gasteiger partial charge in [-0.3, -0.25) is 9.78 Å². The number of halogens is 2. The van der Waals surface area contributed by atoms with Crippen LogP contribution in [0, 0.1) is 5.92 Å². The SMILES string of the molecule is O=C(Cc1ccncc1)C1CCC(F)(F)CC1. The van der Waals surface area contributed by atoms with Gasteiger partial charge in [0.2, 0.25) is 5.92 Å². The minimum Gasteiger partial charge on any atom is -0.299 e. The summed E-state index contributed by atoms with van der Waals surface area (Å²) in [6.07, 6.45) is 3.93. The second-order valence-corrected chi connectivity index (χ2v) is 4.63. The van der Waals surface area contributed by atoms with Gasteiger partial charge in [-0.05, 0) is 30.5 Å². The van der Waals surface area contributed by atoms with Crippen LogP contribution < -0.4 is 0 Å². The third-order valence-corrected chi connectivity index (χ3v) is 3.30. The summed E-state index contributed by atoms with van der Waals surface area (Å²) in [6.45, 7) is 0. The predicted octanol–water partition coefficient (Wildman–Crippen LogP) is 3.02. The Labute approximate surface area is 99.1 Å². The molecule has 0 saturated heterocycles. The zero-order valence-corrected chi connectivity index (χ0v) is 9.53. The molecule has 1 aromatic rings. The quantitative estimate of drug-likeness (QED) is 0.811. The van der Waals surface area contributed by atoms with Gasteiger partial charge >= 0.3 is 0 Å². The smallest absolute Gasteiger partial charge is 0.248 e. The molecule has 0 amide bonds. The number of rotatable bonds is 3. The van der Waals surface area contributed by atoms with Crippen molar-refractivity contribution in [2.24, 2.45) is 5.92 Å². The van der Waals surface area contributed by atoms with Gasteiger partial charge < -0.3 is 0 Å². The number of carbonyl (C=O) groups is 1. The average Bonchev–Trinajstić information content (AvgIpc) is 2.30. The molecule has 0 radical (unpaired) electrons. The van der Waals surface area contributed by atoms with Gasteiger partial charge in [-0.25, -0.2) is 8.78 Å². The van der Waals surface area contributed by atoms with Crippen molar-refractivity contribution in [3.63, 3.8) is 0 Å². The van der Waals surface area contributed by atoms with Crippen molar-refractivity contribution in [3.05, 3.63) is 30.1 Å². The lowest BCUT2D eigenvalue weighted by Gasteiger charge is -2.27. The first-order valence-electron chi connectivity index (χ1n) is 5.86. The highest BCUT2D eigenvalue weighted by molar-refractivity contribution is 5.83. The number of nitrogens with zero attached hydrogens (tertiary/aromatic N) is 1. The molecule has 1 fully saturated rings. The van der Waals surface area contributed by atoms with Crippen molar-refractivity contribution in [1.82, 2.24) is 4.98 Å². The zero-order chi connectivity index (χ0) is 12.3. The summed E-state index contributed by atoms with van der Waals surface area (Å²) in [5.41, 5.74) is 0.905. The molecule has 2 rings (SSSR count). The van der Waals surface area contributed by atoms with E-state index in [-0.39, 0.29) is 24.5 Å². The standard InChI is InChI=1S/C13H15F2NO/c14-13(15)5-1-11(2-6-13)12(17)9-10-3-7-16-8-4-10/h3-4,7-8,11H,1-2,5-6,9H2. The maximum absolute atomic E-state index is 12.9. The molecule has 0 aliphatic heterocycles. The second kappa shape index (κ2) is 4.90. The lowest BCUT2D eigenvalue weighted by molar-refractivity contribution is -0.126. The number of alkyl halides is 2. The van der Waals surface area contributed by atoms with E-state index in [1.54, 1.807) is 24.5 Å². The molecule has 0 bridgehead atoms. The third kappa shape index (κ3) is 3.32. The first kappa shape index (κ1) is 12.1. The van der Waals surface area contributed by atoms with Gasteiger partial charge in [-0.2, -0.15) is 0 Å². The van der Waals surface area contributed by atoms with Gasteiger partial charge in [-0.15, -0.1) is 0 Å². The van der Waals surface area contributed by atoms with Gasteiger partial charge in [0.05, 0.1) is 0 Å². The van der Waals surface area contributed by atoms with E-state index in [0.29, 0.717) is 19.3 Å². The van der Waals surface area contributed by atoms with E-state index in [2.05, 4.69) is 4.98 Å². The van der Waals surface area contributed by atoms with Crippen LogP contribution in [0.4, 0.5) is 8.78 Å². The van der Waals surface area contributed by atoms with Crippen LogP contribution >= 0.6 is 0 Å². The molecular formula is C13H15F2NO. The summed E-state index contributed by atoms with van der Waals surface area (Å²) in [5.74, 6) is -2.68. The molecule has 1 aliphatic rings. The van der Waals surface area contributed by atoms with E-state index in [4.69, 9.17) is 0 Å². The van der Waals surface area contributed by atoms with E-state index >= 15 is 0 Å². The van der Waals surface area contributed by atoms with Gasteiger partial charge in [0.1, 0.15) is 5.78 Å². The summed E-state index contributed by atoms with van der Waals surface area (Å²) in [6, 6.07) is 3.57. The van der Waals surface area contributed by atoms with Crippen LogP contribution in [-0.2, 0) is 11.2 Å². The first-order chi connectivity index (χ1) is 8.07. The lowest BCUT2D eigenvalue weighted by Crippen LogP contribution is -2.29. The maximum atomic E-state index is 12.9. The number of Topliss-reactive ketones (excluding diaryl/α,β-unsaturated/α-hetero) is 1. The minimum absolute atomic E-state index is 0.0756. The second-order valence-electron chi connectivity index (χ2n) is 4.63. The highest BCUT2D eigenvalue weighted by Gasteiger charge is 2.37. The Bertz CT molecular complexity index is 382.